The molecule has 3 rings (SSSR count). The van der Waals surface area contributed by atoms with Crippen LogP contribution in [0.3, 0.4) is 0 Å². The van der Waals surface area contributed by atoms with Crippen LogP contribution < -0.4 is 5.32 Å². The van der Waals surface area contributed by atoms with Crippen molar-refractivity contribution in [3.63, 3.8) is 0 Å². The first-order valence-electron chi connectivity index (χ1n) is 7.52. The number of sulfone groups is 1. The molecule has 114 valence electrons. The summed E-state index contributed by atoms with van der Waals surface area (Å²) in [5, 5.41) is 3.09. The molecule has 0 spiro atoms. The number of carbonyl (C=O) groups is 1. The molecule has 5 heteroatoms. The maximum atomic E-state index is 12.3. The molecule has 0 unspecified atom stereocenters. The number of nitrogens with one attached hydrogen (secondary N) is 1. The zero-order valence-corrected chi connectivity index (χ0v) is 13.0. The lowest BCUT2D eigenvalue weighted by atomic mass is 9.99. The number of benzene rings is 1. The van der Waals surface area contributed by atoms with E-state index in [1.54, 1.807) is 0 Å². The molecule has 1 N–H and O–H groups in total. The first kappa shape index (κ1) is 14.6. The normalized spacial score (nSPS) is 25.5. The minimum Gasteiger partial charge on any atom is -0.349 e. The number of aryl methyl sites for hydroxylation is 1. The molecule has 0 aromatic heterocycles. The van der Waals surface area contributed by atoms with Gasteiger partial charge in [-0.1, -0.05) is 29.8 Å². The summed E-state index contributed by atoms with van der Waals surface area (Å²) in [7, 11) is -3.01. The molecule has 2 atom stereocenters. The molecule has 0 bridgehead atoms. The van der Waals surface area contributed by atoms with Gasteiger partial charge in [0, 0.05) is 0 Å². The Morgan fingerprint density at radius 2 is 1.86 bits per heavy atom. The molecule has 1 aliphatic carbocycles. The molecule has 21 heavy (non-hydrogen) atoms. The van der Waals surface area contributed by atoms with Crippen LogP contribution in [0.1, 0.15) is 36.4 Å². The Kier molecular flexibility index (Phi) is 3.78. The molecule has 1 amide bonds. The highest BCUT2D eigenvalue weighted by molar-refractivity contribution is 7.91. The number of rotatable bonds is 4. The molecular formula is C16H21NO3S. The third-order valence-corrected chi connectivity index (χ3v) is 6.20. The van der Waals surface area contributed by atoms with E-state index in [0.717, 1.165) is 18.4 Å². The van der Waals surface area contributed by atoms with Crippen LogP contribution in [0, 0.1) is 18.8 Å². The topological polar surface area (TPSA) is 63.2 Å². The zero-order valence-electron chi connectivity index (χ0n) is 12.2. The SMILES string of the molecule is Cc1ccc([C@H](NC(=O)[C@@H]2CCS(=O)(=O)C2)C2CC2)cc1. The molecule has 1 aromatic carbocycles. The van der Waals surface area contributed by atoms with Gasteiger partial charge in [0.15, 0.2) is 9.84 Å². The fraction of sp³-hybridized carbons (Fsp3) is 0.562. The first-order valence-corrected chi connectivity index (χ1v) is 9.34. The minimum absolute atomic E-state index is 0.00409. The van der Waals surface area contributed by atoms with Crippen molar-refractivity contribution in [2.24, 2.45) is 11.8 Å². The Morgan fingerprint density at radius 1 is 1.19 bits per heavy atom. The molecule has 2 fully saturated rings. The van der Waals surface area contributed by atoms with Gasteiger partial charge in [-0.15, -0.1) is 0 Å². The lowest BCUT2D eigenvalue weighted by Gasteiger charge is -2.21. The van der Waals surface area contributed by atoms with Crippen LogP contribution in [0.15, 0.2) is 24.3 Å². The van der Waals surface area contributed by atoms with Crippen molar-refractivity contribution in [3.8, 4) is 0 Å². The van der Waals surface area contributed by atoms with Crippen molar-refractivity contribution >= 4 is 15.7 Å². The Hall–Kier alpha value is -1.36. The monoisotopic (exact) mass is 307 g/mol. The largest absolute Gasteiger partial charge is 0.349 e. The van der Waals surface area contributed by atoms with Gasteiger partial charge in [-0.05, 0) is 37.7 Å². The van der Waals surface area contributed by atoms with Crippen LogP contribution in [0.5, 0.6) is 0 Å². The summed E-state index contributed by atoms with van der Waals surface area (Å²) in [4.78, 5) is 12.3. The van der Waals surface area contributed by atoms with E-state index < -0.39 is 9.84 Å². The van der Waals surface area contributed by atoms with Crippen molar-refractivity contribution in [1.82, 2.24) is 5.32 Å². The van der Waals surface area contributed by atoms with Crippen molar-refractivity contribution in [1.29, 1.82) is 0 Å². The average Bonchev–Trinajstić information content (AvgIpc) is 3.20. The van der Waals surface area contributed by atoms with E-state index in [-0.39, 0.29) is 29.4 Å². The second kappa shape index (κ2) is 5.44. The highest BCUT2D eigenvalue weighted by atomic mass is 32.2. The van der Waals surface area contributed by atoms with Crippen molar-refractivity contribution in [2.45, 2.75) is 32.2 Å². The number of carbonyl (C=O) groups excluding carboxylic acids is 1. The smallest absolute Gasteiger partial charge is 0.224 e. The van der Waals surface area contributed by atoms with Gasteiger partial charge < -0.3 is 5.32 Å². The summed E-state index contributed by atoms with van der Waals surface area (Å²) in [6, 6.07) is 8.25. The molecule has 2 aliphatic rings. The molecule has 1 saturated carbocycles. The highest BCUT2D eigenvalue weighted by Gasteiger charge is 2.37. The number of hydrogen-bond acceptors (Lipinski definition) is 3. The van der Waals surface area contributed by atoms with Crippen LogP contribution in [0.4, 0.5) is 0 Å². The van der Waals surface area contributed by atoms with Crippen molar-refractivity contribution < 1.29 is 13.2 Å². The third-order valence-electron chi connectivity index (χ3n) is 4.43. The highest BCUT2D eigenvalue weighted by Crippen LogP contribution is 2.41. The van der Waals surface area contributed by atoms with Crippen LogP contribution in [-0.2, 0) is 14.6 Å². The van der Waals surface area contributed by atoms with Gasteiger partial charge >= 0.3 is 0 Å². The Morgan fingerprint density at radius 3 is 2.38 bits per heavy atom. The zero-order chi connectivity index (χ0) is 15.0. The fourth-order valence-electron chi connectivity index (χ4n) is 2.95. The third kappa shape index (κ3) is 3.46. The van der Waals surface area contributed by atoms with Gasteiger partial charge in [-0.3, -0.25) is 4.79 Å². The molecular weight excluding hydrogens is 286 g/mol. The lowest BCUT2D eigenvalue weighted by molar-refractivity contribution is -0.125. The maximum Gasteiger partial charge on any atom is 0.224 e. The number of hydrogen-bond donors (Lipinski definition) is 1. The molecule has 1 saturated heterocycles. The van der Waals surface area contributed by atoms with E-state index in [9.17, 15) is 13.2 Å². The molecule has 1 aliphatic heterocycles. The van der Waals surface area contributed by atoms with Gasteiger partial charge in [0.2, 0.25) is 5.91 Å². The summed E-state index contributed by atoms with van der Waals surface area (Å²) in [6.07, 6.45) is 2.71. The van der Waals surface area contributed by atoms with Gasteiger partial charge in [-0.2, -0.15) is 0 Å². The van der Waals surface area contributed by atoms with Gasteiger partial charge in [-0.25, -0.2) is 8.42 Å². The molecule has 0 radical (unpaired) electrons. The minimum atomic E-state index is -3.01. The standard InChI is InChI=1S/C16H21NO3S/c1-11-2-4-12(5-3-11)15(13-6-7-13)17-16(18)14-8-9-21(19,20)10-14/h2-5,13-15H,6-10H2,1H3,(H,17,18)/t14-,15+/m1/s1. The molecule has 4 nitrogen and oxygen atoms in total. The quantitative estimate of drug-likeness (QED) is 0.925. The second-order valence-electron chi connectivity index (χ2n) is 6.33. The van der Waals surface area contributed by atoms with E-state index >= 15 is 0 Å². The van der Waals surface area contributed by atoms with Gasteiger partial charge in [0.05, 0.1) is 23.5 Å². The summed E-state index contributed by atoms with van der Waals surface area (Å²) < 4.78 is 23.0. The Labute approximate surface area is 125 Å². The molecule has 1 aromatic rings. The average molecular weight is 307 g/mol. The van der Waals surface area contributed by atoms with E-state index in [2.05, 4.69) is 29.6 Å². The first-order chi connectivity index (χ1) is 9.94. The van der Waals surface area contributed by atoms with Gasteiger partial charge in [0.1, 0.15) is 0 Å². The van der Waals surface area contributed by atoms with Crippen LogP contribution in [0.2, 0.25) is 0 Å². The predicted molar refractivity (Wildman–Crippen MR) is 81.5 cm³/mol. The van der Waals surface area contributed by atoms with E-state index in [0.29, 0.717) is 12.3 Å². The number of amides is 1. The van der Waals surface area contributed by atoms with Crippen LogP contribution in [0.25, 0.3) is 0 Å². The van der Waals surface area contributed by atoms with Crippen molar-refractivity contribution in [3.05, 3.63) is 35.4 Å². The summed E-state index contributed by atoms with van der Waals surface area (Å²) in [6.45, 7) is 2.04. The van der Waals surface area contributed by atoms with E-state index in [1.165, 1.54) is 5.56 Å². The van der Waals surface area contributed by atoms with E-state index in [1.807, 2.05) is 6.92 Å². The maximum absolute atomic E-state index is 12.3. The summed E-state index contributed by atoms with van der Waals surface area (Å²) in [5.41, 5.74) is 2.32. The lowest BCUT2D eigenvalue weighted by Crippen LogP contribution is -2.35. The van der Waals surface area contributed by atoms with Gasteiger partial charge in [0.25, 0.3) is 0 Å². The molecule has 1 heterocycles. The van der Waals surface area contributed by atoms with Crippen molar-refractivity contribution in [2.75, 3.05) is 11.5 Å². The fourth-order valence-corrected chi connectivity index (χ4v) is 4.69. The summed E-state index contributed by atoms with van der Waals surface area (Å²) >= 11 is 0. The van der Waals surface area contributed by atoms with E-state index in [4.69, 9.17) is 0 Å². The summed E-state index contributed by atoms with van der Waals surface area (Å²) in [5.74, 6) is 0.165. The second-order valence-corrected chi connectivity index (χ2v) is 8.56. The Bertz CT molecular complexity index is 632. The predicted octanol–water partition coefficient (Wildman–Crippen LogP) is 2.00. The van der Waals surface area contributed by atoms with Crippen LogP contribution in [-0.4, -0.2) is 25.8 Å². The van der Waals surface area contributed by atoms with Crippen LogP contribution >= 0.6 is 0 Å². The Balaban J connectivity index is 1.71.